The van der Waals surface area contributed by atoms with Crippen molar-refractivity contribution in [2.45, 2.75) is 30.4 Å². The minimum Gasteiger partial charge on any atom is -0.469 e. The maximum absolute atomic E-state index is 11.4. The predicted molar refractivity (Wildman–Crippen MR) is 77.2 cm³/mol. The average Bonchev–Trinajstić information content (AvgIpc) is 2.36. The minimum atomic E-state index is -0.199. The summed E-state index contributed by atoms with van der Waals surface area (Å²) in [6, 6.07) is 10.1. The Morgan fingerprint density at radius 2 is 2.00 bits per heavy atom. The first-order valence-corrected chi connectivity index (χ1v) is 7.25. The lowest BCUT2D eigenvalue weighted by Gasteiger charge is -2.31. The molecule has 1 atom stereocenters. The fourth-order valence-electron chi connectivity index (χ4n) is 1.62. The number of esters is 1. The molecular weight excluding hydrogens is 268 g/mol. The third-order valence-electron chi connectivity index (χ3n) is 2.86. The van der Waals surface area contributed by atoms with E-state index in [4.69, 9.17) is 16.3 Å². The molecule has 0 aromatic heterocycles. The molecule has 1 aromatic rings. The minimum absolute atomic E-state index is 0.167. The Kier molecular flexibility index (Phi) is 6.03. The lowest BCUT2D eigenvalue weighted by atomic mass is 9.86. The molecule has 0 bridgehead atoms. The van der Waals surface area contributed by atoms with Crippen molar-refractivity contribution >= 4 is 29.3 Å². The maximum Gasteiger partial charge on any atom is 0.306 e. The second kappa shape index (κ2) is 7.05. The summed E-state index contributed by atoms with van der Waals surface area (Å²) in [7, 11) is 1.42. The van der Waals surface area contributed by atoms with Gasteiger partial charge in [0, 0.05) is 16.0 Å². The summed E-state index contributed by atoms with van der Waals surface area (Å²) in [6.45, 7) is 4.10. The van der Waals surface area contributed by atoms with E-state index in [1.807, 2.05) is 32.0 Å². The molecule has 0 saturated carbocycles. The Morgan fingerprint density at radius 1 is 1.39 bits per heavy atom. The molecule has 0 fully saturated rings. The van der Waals surface area contributed by atoms with Gasteiger partial charge in [0.25, 0.3) is 0 Å². The molecular formula is C14H19ClO2S. The van der Waals surface area contributed by atoms with Crippen molar-refractivity contribution in [1.82, 2.24) is 0 Å². The van der Waals surface area contributed by atoms with Crippen molar-refractivity contribution in [1.29, 1.82) is 0 Å². The van der Waals surface area contributed by atoms with Gasteiger partial charge in [-0.1, -0.05) is 32.0 Å². The van der Waals surface area contributed by atoms with Crippen LogP contribution >= 0.6 is 23.4 Å². The number of carbonyl (C=O) groups is 1. The number of carbonyl (C=O) groups excluding carboxylic acids is 1. The Labute approximate surface area is 118 Å². The fraction of sp³-hybridized carbons (Fsp3) is 0.500. The van der Waals surface area contributed by atoms with E-state index in [0.717, 1.165) is 0 Å². The quantitative estimate of drug-likeness (QED) is 0.450. The molecule has 1 unspecified atom stereocenters. The van der Waals surface area contributed by atoms with Gasteiger partial charge in [-0.25, -0.2) is 0 Å². The van der Waals surface area contributed by atoms with Crippen molar-refractivity contribution in [3.8, 4) is 0 Å². The standard InChI is InChI=1S/C14H19ClO2S/c1-14(2,9-13(16)17-3)12(10-15)18-11-7-5-4-6-8-11/h4-8,12H,9-10H2,1-3H3. The van der Waals surface area contributed by atoms with Gasteiger partial charge in [0.2, 0.25) is 0 Å². The Balaban J connectivity index is 2.73. The second-order valence-electron chi connectivity index (χ2n) is 4.82. The van der Waals surface area contributed by atoms with Crippen LogP contribution in [0.5, 0.6) is 0 Å². The molecule has 0 heterocycles. The predicted octanol–water partition coefficient (Wildman–Crippen LogP) is 3.98. The van der Waals surface area contributed by atoms with Crippen LogP contribution in [-0.4, -0.2) is 24.2 Å². The lowest BCUT2D eigenvalue weighted by Crippen LogP contribution is -2.31. The SMILES string of the molecule is COC(=O)CC(C)(C)C(CCl)Sc1ccccc1. The Morgan fingerprint density at radius 3 is 2.50 bits per heavy atom. The van der Waals surface area contributed by atoms with E-state index in [0.29, 0.717) is 12.3 Å². The summed E-state index contributed by atoms with van der Waals surface area (Å²) in [6.07, 6.45) is 0.376. The van der Waals surface area contributed by atoms with Gasteiger partial charge >= 0.3 is 5.97 Å². The van der Waals surface area contributed by atoms with Crippen LogP contribution in [0.15, 0.2) is 35.2 Å². The van der Waals surface area contributed by atoms with Crippen molar-refractivity contribution in [2.24, 2.45) is 5.41 Å². The zero-order valence-electron chi connectivity index (χ0n) is 11.0. The van der Waals surface area contributed by atoms with Crippen LogP contribution in [0.1, 0.15) is 20.3 Å². The molecule has 18 heavy (non-hydrogen) atoms. The average molecular weight is 287 g/mol. The summed E-state index contributed by atoms with van der Waals surface area (Å²) in [5.74, 6) is 0.313. The van der Waals surface area contributed by atoms with Gasteiger partial charge < -0.3 is 4.74 Å². The number of ether oxygens (including phenoxy) is 1. The first-order valence-electron chi connectivity index (χ1n) is 5.84. The normalized spacial score (nSPS) is 13.1. The smallest absolute Gasteiger partial charge is 0.306 e. The highest BCUT2D eigenvalue weighted by atomic mass is 35.5. The molecule has 0 radical (unpaired) electrons. The van der Waals surface area contributed by atoms with Crippen LogP contribution in [0.3, 0.4) is 0 Å². The number of rotatable bonds is 6. The topological polar surface area (TPSA) is 26.3 Å². The van der Waals surface area contributed by atoms with Crippen molar-refractivity contribution < 1.29 is 9.53 Å². The van der Waals surface area contributed by atoms with Crippen LogP contribution in [0, 0.1) is 5.41 Å². The van der Waals surface area contributed by atoms with Gasteiger partial charge in [-0.05, 0) is 17.5 Å². The number of thioether (sulfide) groups is 1. The Bertz CT molecular complexity index is 379. The molecule has 4 heteroatoms. The highest BCUT2D eigenvalue weighted by molar-refractivity contribution is 8.00. The zero-order chi connectivity index (χ0) is 13.6. The summed E-state index contributed by atoms with van der Waals surface area (Å²) >= 11 is 7.76. The molecule has 1 rings (SSSR count). The zero-order valence-corrected chi connectivity index (χ0v) is 12.6. The van der Waals surface area contributed by atoms with Crippen molar-refractivity contribution in [3.63, 3.8) is 0 Å². The fourth-order valence-corrected chi connectivity index (χ4v) is 3.34. The largest absolute Gasteiger partial charge is 0.469 e. The maximum atomic E-state index is 11.4. The molecule has 0 spiro atoms. The van der Waals surface area contributed by atoms with Gasteiger partial charge in [0.05, 0.1) is 13.5 Å². The molecule has 0 saturated heterocycles. The van der Waals surface area contributed by atoms with E-state index in [-0.39, 0.29) is 16.6 Å². The van der Waals surface area contributed by atoms with E-state index in [2.05, 4.69) is 12.1 Å². The molecule has 100 valence electrons. The first-order chi connectivity index (χ1) is 8.49. The van der Waals surface area contributed by atoms with Crippen LogP contribution in [0.25, 0.3) is 0 Å². The van der Waals surface area contributed by atoms with Gasteiger partial charge in [-0.3, -0.25) is 4.79 Å². The molecule has 0 N–H and O–H groups in total. The van der Waals surface area contributed by atoms with E-state index in [1.165, 1.54) is 12.0 Å². The number of hydrogen-bond donors (Lipinski definition) is 0. The van der Waals surface area contributed by atoms with E-state index in [9.17, 15) is 4.79 Å². The number of benzene rings is 1. The van der Waals surface area contributed by atoms with E-state index in [1.54, 1.807) is 11.8 Å². The molecule has 0 aliphatic carbocycles. The van der Waals surface area contributed by atoms with Crippen molar-refractivity contribution in [3.05, 3.63) is 30.3 Å². The molecule has 0 aliphatic rings. The molecule has 0 aliphatic heterocycles. The van der Waals surface area contributed by atoms with Crippen LogP contribution < -0.4 is 0 Å². The van der Waals surface area contributed by atoms with Crippen LogP contribution in [0.4, 0.5) is 0 Å². The van der Waals surface area contributed by atoms with Gasteiger partial charge in [-0.15, -0.1) is 23.4 Å². The number of alkyl halides is 1. The van der Waals surface area contributed by atoms with Crippen LogP contribution in [-0.2, 0) is 9.53 Å². The van der Waals surface area contributed by atoms with E-state index >= 15 is 0 Å². The second-order valence-corrected chi connectivity index (χ2v) is 6.40. The van der Waals surface area contributed by atoms with E-state index < -0.39 is 0 Å². The first kappa shape index (κ1) is 15.4. The third-order valence-corrected chi connectivity index (χ3v) is 4.99. The lowest BCUT2D eigenvalue weighted by molar-refractivity contribution is -0.142. The summed E-state index contributed by atoms with van der Waals surface area (Å²) < 4.78 is 4.74. The highest BCUT2D eigenvalue weighted by Crippen LogP contribution is 2.38. The monoisotopic (exact) mass is 286 g/mol. The summed E-state index contributed by atoms with van der Waals surface area (Å²) in [4.78, 5) is 12.6. The number of methoxy groups -OCH3 is 1. The van der Waals surface area contributed by atoms with Gasteiger partial charge in [0.15, 0.2) is 0 Å². The van der Waals surface area contributed by atoms with Crippen LogP contribution in [0.2, 0.25) is 0 Å². The highest BCUT2D eigenvalue weighted by Gasteiger charge is 2.32. The summed E-state index contributed by atoms with van der Waals surface area (Å²) in [5, 5.41) is 0.167. The number of hydrogen-bond acceptors (Lipinski definition) is 3. The molecule has 2 nitrogen and oxygen atoms in total. The number of halogens is 1. The summed E-state index contributed by atoms with van der Waals surface area (Å²) in [5.41, 5.74) is -0.199. The van der Waals surface area contributed by atoms with Crippen molar-refractivity contribution in [2.75, 3.05) is 13.0 Å². The third kappa shape index (κ3) is 4.54. The van der Waals surface area contributed by atoms with Gasteiger partial charge in [-0.2, -0.15) is 0 Å². The van der Waals surface area contributed by atoms with Gasteiger partial charge in [0.1, 0.15) is 0 Å². The molecule has 1 aromatic carbocycles. The Hall–Kier alpha value is -0.670. The molecule has 0 amide bonds.